The van der Waals surface area contributed by atoms with E-state index < -0.39 is 0 Å². The van der Waals surface area contributed by atoms with Crippen LogP contribution in [0.4, 0.5) is 0 Å². The number of rotatable bonds is 7. The van der Waals surface area contributed by atoms with Gasteiger partial charge in [0.25, 0.3) is 0 Å². The Morgan fingerprint density at radius 2 is 1.92 bits per heavy atom. The molecule has 0 aromatic carbocycles. The molecule has 1 nitrogen and oxygen atoms in total. The third-order valence-corrected chi connectivity index (χ3v) is 3.30. The van der Waals surface area contributed by atoms with Gasteiger partial charge in [0.05, 0.1) is 0 Å². The van der Waals surface area contributed by atoms with Crippen LogP contribution in [0.15, 0.2) is 0 Å². The smallest absolute Gasteiger partial charge is 0.155 e. The molecule has 0 aromatic heterocycles. The van der Waals surface area contributed by atoms with E-state index in [1.165, 1.54) is 19.3 Å². The summed E-state index contributed by atoms with van der Waals surface area (Å²) in [6.07, 6.45) is 5.75. The first kappa shape index (κ1) is 12.1. The van der Waals surface area contributed by atoms with Gasteiger partial charge in [-0.2, -0.15) is 0 Å². The van der Waals surface area contributed by atoms with Crippen molar-refractivity contribution in [1.82, 2.24) is 0 Å². The van der Waals surface area contributed by atoms with Gasteiger partial charge < -0.3 is 0 Å². The minimum atomic E-state index is 0.313. The highest BCUT2D eigenvalue weighted by Gasteiger charge is 2.12. The van der Waals surface area contributed by atoms with Crippen LogP contribution in [0.1, 0.15) is 46.5 Å². The minimum Gasteiger partial charge on any atom is -0.275 e. The summed E-state index contributed by atoms with van der Waals surface area (Å²) < 4.78 is 10.2. The monoisotopic (exact) mass is 188 g/mol. The standard InChI is InChI=1S/C10H21OP/c1-4-9(3)10(5-2)7-6-8-12-11/h9-10H,4-8H2,1-3H3. The molecule has 2 unspecified atom stereocenters. The summed E-state index contributed by atoms with van der Waals surface area (Å²) in [4.78, 5) is 0. The average molecular weight is 188 g/mol. The van der Waals surface area contributed by atoms with E-state index in [4.69, 9.17) is 0 Å². The highest BCUT2D eigenvalue weighted by Crippen LogP contribution is 2.24. The van der Waals surface area contributed by atoms with Crippen molar-refractivity contribution in [2.45, 2.75) is 46.5 Å². The minimum absolute atomic E-state index is 0.313. The van der Waals surface area contributed by atoms with Crippen LogP contribution in [0.25, 0.3) is 0 Å². The zero-order valence-electron chi connectivity index (χ0n) is 8.55. The summed E-state index contributed by atoms with van der Waals surface area (Å²) in [5.41, 5.74) is 0. The van der Waals surface area contributed by atoms with E-state index in [2.05, 4.69) is 20.8 Å². The van der Waals surface area contributed by atoms with Gasteiger partial charge in [-0.15, -0.1) is 0 Å². The Bertz CT molecular complexity index is 114. The van der Waals surface area contributed by atoms with Crippen LogP contribution in [-0.2, 0) is 4.57 Å². The fourth-order valence-corrected chi connectivity index (χ4v) is 1.95. The Hall–Kier alpha value is 0.100. The molecule has 72 valence electrons. The van der Waals surface area contributed by atoms with E-state index in [-0.39, 0.29) is 0 Å². The van der Waals surface area contributed by atoms with E-state index >= 15 is 0 Å². The maximum absolute atomic E-state index is 10.2. The van der Waals surface area contributed by atoms with E-state index in [1.807, 2.05) is 0 Å². The fourth-order valence-electron chi connectivity index (χ4n) is 1.64. The molecule has 0 aliphatic heterocycles. The average Bonchev–Trinajstić information content (AvgIpc) is 2.11. The van der Waals surface area contributed by atoms with Crippen molar-refractivity contribution in [3.05, 3.63) is 0 Å². The lowest BCUT2D eigenvalue weighted by molar-refractivity contribution is 0.315. The molecule has 0 bridgehead atoms. The maximum atomic E-state index is 10.2. The highest BCUT2D eigenvalue weighted by atomic mass is 31.1. The largest absolute Gasteiger partial charge is 0.275 e. The van der Waals surface area contributed by atoms with Crippen molar-refractivity contribution < 1.29 is 4.57 Å². The van der Waals surface area contributed by atoms with Crippen LogP contribution < -0.4 is 0 Å². The van der Waals surface area contributed by atoms with Crippen molar-refractivity contribution in [2.24, 2.45) is 11.8 Å². The molecule has 2 heteroatoms. The van der Waals surface area contributed by atoms with Crippen LogP contribution in [0, 0.1) is 11.8 Å². The van der Waals surface area contributed by atoms with Gasteiger partial charge >= 0.3 is 0 Å². The zero-order chi connectivity index (χ0) is 9.40. The second-order valence-corrected chi connectivity index (χ2v) is 4.25. The Balaban J connectivity index is 3.58. The molecule has 0 saturated carbocycles. The molecule has 0 aliphatic carbocycles. The lowest BCUT2D eigenvalue weighted by Crippen LogP contribution is -2.09. The van der Waals surface area contributed by atoms with Gasteiger partial charge in [-0.3, -0.25) is 4.57 Å². The van der Waals surface area contributed by atoms with Gasteiger partial charge in [0.2, 0.25) is 0 Å². The van der Waals surface area contributed by atoms with Crippen LogP contribution in [0.3, 0.4) is 0 Å². The molecule has 0 rings (SSSR count). The number of hydrogen-bond donors (Lipinski definition) is 0. The molecule has 0 spiro atoms. The predicted molar refractivity (Wildman–Crippen MR) is 54.9 cm³/mol. The Kier molecular flexibility index (Phi) is 7.80. The second kappa shape index (κ2) is 7.73. The molecule has 0 heterocycles. The second-order valence-electron chi connectivity index (χ2n) is 3.55. The van der Waals surface area contributed by atoms with Gasteiger partial charge in [0, 0.05) is 6.16 Å². The van der Waals surface area contributed by atoms with E-state index in [1.54, 1.807) is 0 Å². The molecule has 0 saturated heterocycles. The summed E-state index contributed by atoms with van der Waals surface area (Å²) in [5.74, 6) is 1.68. The SMILES string of the molecule is CCC(C)C(CC)CCCP=O. The van der Waals surface area contributed by atoms with Crippen molar-refractivity contribution in [3.8, 4) is 0 Å². The summed E-state index contributed by atoms with van der Waals surface area (Å²) in [5, 5.41) is 0. The first-order valence-corrected chi connectivity index (χ1v) is 6.05. The third-order valence-electron chi connectivity index (χ3n) is 2.80. The third kappa shape index (κ3) is 4.87. The maximum Gasteiger partial charge on any atom is 0.155 e. The van der Waals surface area contributed by atoms with Crippen LogP contribution in [-0.4, -0.2) is 6.16 Å². The lowest BCUT2D eigenvalue weighted by Gasteiger charge is -2.20. The van der Waals surface area contributed by atoms with E-state index in [0.29, 0.717) is 8.46 Å². The normalized spacial score (nSPS) is 16.2. The first-order chi connectivity index (χ1) is 5.76. The van der Waals surface area contributed by atoms with Gasteiger partial charge in [-0.05, 0) is 24.7 Å². The van der Waals surface area contributed by atoms with Gasteiger partial charge in [-0.1, -0.05) is 33.6 Å². The fraction of sp³-hybridized carbons (Fsp3) is 1.00. The molecule has 0 radical (unpaired) electrons. The molecule has 0 amide bonds. The Morgan fingerprint density at radius 1 is 1.25 bits per heavy atom. The van der Waals surface area contributed by atoms with Crippen molar-refractivity contribution in [2.75, 3.05) is 6.16 Å². The Labute approximate surface area is 78.1 Å². The quantitative estimate of drug-likeness (QED) is 0.433. The number of hydrogen-bond acceptors (Lipinski definition) is 1. The van der Waals surface area contributed by atoms with Crippen molar-refractivity contribution in [3.63, 3.8) is 0 Å². The lowest BCUT2D eigenvalue weighted by atomic mass is 9.86. The van der Waals surface area contributed by atoms with E-state index in [0.717, 1.165) is 24.4 Å². The molecule has 0 aromatic rings. The molecular formula is C10H21OP. The molecule has 12 heavy (non-hydrogen) atoms. The molecular weight excluding hydrogens is 167 g/mol. The van der Waals surface area contributed by atoms with Crippen LogP contribution in [0.2, 0.25) is 0 Å². The van der Waals surface area contributed by atoms with E-state index in [9.17, 15) is 4.57 Å². The summed E-state index contributed by atoms with van der Waals surface area (Å²) in [6.45, 7) is 6.83. The van der Waals surface area contributed by atoms with Gasteiger partial charge in [0.1, 0.15) is 0 Å². The molecule has 2 atom stereocenters. The zero-order valence-corrected chi connectivity index (χ0v) is 9.44. The summed E-state index contributed by atoms with van der Waals surface area (Å²) in [7, 11) is 0.313. The highest BCUT2D eigenvalue weighted by molar-refractivity contribution is 7.23. The predicted octanol–water partition coefficient (Wildman–Crippen LogP) is 4.13. The molecule has 0 aliphatic rings. The molecule has 0 fully saturated rings. The Morgan fingerprint density at radius 3 is 2.33 bits per heavy atom. The summed E-state index contributed by atoms with van der Waals surface area (Å²) in [6, 6.07) is 0. The van der Waals surface area contributed by atoms with Gasteiger partial charge in [-0.25, -0.2) is 0 Å². The topological polar surface area (TPSA) is 17.1 Å². The van der Waals surface area contributed by atoms with Crippen molar-refractivity contribution in [1.29, 1.82) is 0 Å². The van der Waals surface area contributed by atoms with Crippen LogP contribution in [0.5, 0.6) is 0 Å². The van der Waals surface area contributed by atoms with Gasteiger partial charge in [0.15, 0.2) is 8.46 Å². The first-order valence-electron chi connectivity index (χ1n) is 5.05. The summed E-state index contributed by atoms with van der Waals surface area (Å²) >= 11 is 0. The van der Waals surface area contributed by atoms with Crippen molar-refractivity contribution >= 4 is 8.46 Å². The van der Waals surface area contributed by atoms with Crippen LogP contribution >= 0.6 is 8.46 Å². The molecule has 0 N–H and O–H groups in total.